The average Bonchev–Trinajstić information content (AvgIpc) is 2.01. The molecule has 13 heavy (non-hydrogen) atoms. The molecule has 2 nitrogen and oxygen atoms in total. The molecular formula is C10H17NOSi. The quantitative estimate of drug-likeness (QED) is 0.577. The van der Waals surface area contributed by atoms with E-state index in [9.17, 15) is 0 Å². The molecule has 0 aliphatic rings. The smallest absolute Gasteiger partial charge is 0.120 e. The summed E-state index contributed by atoms with van der Waals surface area (Å²) < 4.78 is 5.10. The lowest BCUT2D eigenvalue weighted by Gasteiger charge is -2.19. The second-order valence-electron chi connectivity index (χ2n) is 4.20. The van der Waals surface area contributed by atoms with Gasteiger partial charge in [0.15, 0.2) is 0 Å². The van der Waals surface area contributed by atoms with Gasteiger partial charge in [-0.25, -0.2) is 0 Å². The summed E-state index contributed by atoms with van der Waals surface area (Å²) in [5, 5.41) is 1.30. The highest BCUT2D eigenvalue weighted by molar-refractivity contribution is 6.89. The van der Waals surface area contributed by atoms with Crippen molar-refractivity contribution in [1.82, 2.24) is 0 Å². The number of benzene rings is 1. The number of methoxy groups -OCH3 is 1. The molecule has 1 aromatic rings. The molecule has 0 heterocycles. The average molecular weight is 195 g/mol. The van der Waals surface area contributed by atoms with Crippen LogP contribution in [-0.2, 0) is 0 Å². The molecule has 0 spiro atoms. The number of hydrogen-bond donors (Lipinski definition) is 1. The Kier molecular flexibility index (Phi) is 2.66. The van der Waals surface area contributed by atoms with Crippen molar-refractivity contribution in [2.45, 2.75) is 19.6 Å². The van der Waals surface area contributed by atoms with Crippen LogP contribution in [0.5, 0.6) is 5.75 Å². The Balaban J connectivity index is 3.13. The molecule has 72 valence electrons. The Hall–Kier alpha value is -0.963. The molecule has 2 N–H and O–H groups in total. The second kappa shape index (κ2) is 3.42. The van der Waals surface area contributed by atoms with Gasteiger partial charge in [-0.1, -0.05) is 25.7 Å². The maximum atomic E-state index is 5.94. The summed E-state index contributed by atoms with van der Waals surface area (Å²) in [5.74, 6) is 0.833. The third-order valence-corrected chi connectivity index (χ3v) is 4.14. The molecule has 0 unspecified atom stereocenters. The largest absolute Gasteiger partial charge is 0.497 e. The zero-order chi connectivity index (χ0) is 10.1. The van der Waals surface area contributed by atoms with E-state index in [1.165, 1.54) is 5.19 Å². The molecule has 0 fully saturated rings. The van der Waals surface area contributed by atoms with Crippen molar-refractivity contribution in [1.29, 1.82) is 0 Å². The van der Waals surface area contributed by atoms with Gasteiger partial charge in [0.05, 0.1) is 15.2 Å². The topological polar surface area (TPSA) is 35.2 Å². The van der Waals surface area contributed by atoms with E-state index in [-0.39, 0.29) is 0 Å². The zero-order valence-corrected chi connectivity index (χ0v) is 9.72. The highest BCUT2D eigenvalue weighted by atomic mass is 28.3. The van der Waals surface area contributed by atoms with E-state index in [0.717, 1.165) is 11.4 Å². The number of anilines is 1. The predicted octanol–water partition coefficient (Wildman–Crippen LogP) is 1.82. The van der Waals surface area contributed by atoms with Gasteiger partial charge >= 0.3 is 0 Å². The van der Waals surface area contributed by atoms with Gasteiger partial charge in [0.1, 0.15) is 5.75 Å². The summed E-state index contributed by atoms with van der Waals surface area (Å²) in [5.41, 5.74) is 6.80. The van der Waals surface area contributed by atoms with Crippen molar-refractivity contribution >= 4 is 18.9 Å². The third kappa shape index (κ3) is 2.25. The van der Waals surface area contributed by atoms with Crippen molar-refractivity contribution in [2.75, 3.05) is 12.8 Å². The standard InChI is InChI=1S/C10H17NOSi/c1-12-8-5-6-10(9(11)7-8)13(2,3)4/h5-7H,11H2,1-4H3. The van der Waals surface area contributed by atoms with Gasteiger partial charge in [-0.2, -0.15) is 0 Å². The van der Waals surface area contributed by atoms with Crippen LogP contribution in [0.1, 0.15) is 0 Å². The SMILES string of the molecule is COc1ccc([Si](C)(C)C)c(N)c1. The molecule has 3 heteroatoms. The van der Waals surface area contributed by atoms with Crippen LogP contribution >= 0.6 is 0 Å². The van der Waals surface area contributed by atoms with Gasteiger partial charge in [-0.05, 0) is 11.3 Å². The monoisotopic (exact) mass is 195 g/mol. The van der Waals surface area contributed by atoms with E-state index in [1.807, 2.05) is 12.1 Å². The molecule has 0 bridgehead atoms. The Morgan fingerprint density at radius 2 is 1.85 bits per heavy atom. The predicted molar refractivity (Wildman–Crippen MR) is 60.4 cm³/mol. The van der Waals surface area contributed by atoms with E-state index in [4.69, 9.17) is 10.5 Å². The highest BCUT2D eigenvalue weighted by Crippen LogP contribution is 2.16. The maximum absolute atomic E-state index is 5.94. The van der Waals surface area contributed by atoms with E-state index in [2.05, 4.69) is 25.7 Å². The van der Waals surface area contributed by atoms with Crippen LogP contribution in [0.2, 0.25) is 19.6 Å². The highest BCUT2D eigenvalue weighted by Gasteiger charge is 2.19. The maximum Gasteiger partial charge on any atom is 0.120 e. The zero-order valence-electron chi connectivity index (χ0n) is 8.72. The normalized spacial score (nSPS) is 11.4. The van der Waals surface area contributed by atoms with Gasteiger partial charge in [0.25, 0.3) is 0 Å². The van der Waals surface area contributed by atoms with Crippen LogP contribution in [0.3, 0.4) is 0 Å². The summed E-state index contributed by atoms with van der Waals surface area (Å²) >= 11 is 0. The Morgan fingerprint density at radius 3 is 2.23 bits per heavy atom. The van der Waals surface area contributed by atoms with Crippen molar-refractivity contribution in [3.8, 4) is 5.75 Å². The summed E-state index contributed by atoms with van der Waals surface area (Å²) in [7, 11) is 0.362. The van der Waals surface area contributed by atoms with E-state index in [1.54, 1.807) is 7.11 Å². The number of rotatable bonds is 2. The van der Waals surface area contributed by atoms with Crippen LogP contribution < -0.4 is 15.7 Å². The second-order valence-corrected chi connectivity index (χ2v) is 9.24. The molecule has 1 aromatic carbocycles. The fourth-order valence-electron chi connectivity index (χ4n) is 1.35. The number of ether oxygens (including phenoxy) is 1. The summed E-state index contributed by atoms with van der Waals surface area (Å²) in [6.07, 6.45) is 0. The Morgan fingerprint density at radius 1 is 1.23 bits per heavy atom. The van der Waals surface area contributed by atoms with Crippen LogP contribution in [0, 0.1) is 0 Å². The van der Waals surface area contributed by atoms with Gasteiger partial charge in [0, 0.05) is 11.8 Å². The fraction of sp³-hybridized carbons (Fsp3) is 0.400. The van der Waals surface area contributed by atoms with E-state index < -0.39 is 8.07 Å². The molecule has 0 amide bonds. The first-order valence-corrected chi connectivity index (χ1v) is 7.89. The van der Waals surface area contributed by atoms with Gasteiger partial charge in [-0.3, -0.25) is 0 Å². The molecule has 0 saturated heterocycles. The Labute approximate surface area is 80.7 Å². The summed E-state index contributed by atoms with van der Waals surface area (Å²) in [4.78, 5) is 0. The lowest BCUT2D eigenvalue weighted by molar-refractivity contribution is 0.415. The first-order chi connectivity index (χ1) is 5.95. The number of nitrogens with two attached hydrogens (primary N) is 1. The minimum absolute atomic E-state index is 0.833. The lowest BCUT2D eigenvalue weighted by Crippen LogP contribution is -2.39. The van der Waals surface area contributed by atoms with E-state index >= 15 is 0 Å². The van der Waals surface area contributed by atoms with Gasteiger partial charge < -0.3 is 10.5 Å². The minimum atomic E-state index is -1.29. The molecule has 0 radical (unpaired) electrons. The van der Waals surface area contributed by atoms with Crippen LogP contribution in [-0.4, -0.2) is 15.2 Å². The summed E-state index contributed by atoms with van der Waals surface area (Å²) in [6, 6.07) is 5.96. The molecule has 1 rings (SSSR count). The molecule has 0 saturated carbocycles. The van der Waals surface area contributed by atoms with Gasteiger partial charge in [0.2, 0.25) is 0 Å². The van der Waals surface area contributed by atoms with Crippen molar-refractivity contribution < 1.29 is 4.74 Å². The molecule has 0 atom stereocenters. The van der Waals surface area contributed by atoms with Crippen molar-refractivity contribution in [3.05, 3.63) is 18.2 Å². The lowest BCUT2D eigenvalue weighted by atomic mass is 10.3. The third-order valence-electron chi connectivity index (χ3n) is 2.07. The van der Waals surface area contributed by atoms with Crippen LogP contribution in [0.4, 0.5) is 5.69 Å². The van der Waals surface area contributed by atoms with Gasteiger partial charge in [-0.15, -0.1) is 0 Å². The molecule has 0 aliphatic carbocycles. The first kappa shape index (κ1) is 10.1. The number of hydrogen-bond acceptors (Lipinski definition) is 2. The van der Waals surface area contributed by atoms with Crippen molar-refractivity contribution in [2.24, 2.45) is 0 Å². The minimum Gasteiger partial charge on any atom is -0.497 e. The van der Waals surface area contributed by atoms with E-state index in [0.29, 0.717) is 0 Å². The fourth-order valence-corrected chi connectivity index (χ4v) is 2.87. The molecule has 0 aliphatic heterocycles. The first-order valence-electron chi connectivity index (χ1n) is 4.39. The molecule has 0 aromatic heterocycles. The molecular weight excluding hydrogens is 178 g/mol. The van der Waals surface area contributed by atoms with Crippen LogP contribution in [0.15, 0.2) is 18.2 Å². The van der Waals surface area contributed by atoms with Crippen molar-refractivity contribution in [3.63, 3.8) is 0 Å². The number of nitrogen functional groups attached to an aromatic ring is 1. The Bertz CT molecular complexity index is 304. The summed E-state index contributed by atoms with van der Waals surface area (Å²) in [6.45, 7) is 6.85. The van der Waals surface area contributed by atoms with Crippen LogP contribution in [0.25, 0.3) is 0 Å².